The topological polar surface area (TPSA) is 59.5 Å². The van der Waals surface area contributed by atoms with Crippen LogP contribution in [0.1, 0.15) is 50.4 Å². The summed E-state index contributed by atoms with van der Waals surface area (Å²) in [4.78, 5) is 7.47. The van der Waals surface area contributed by atoms with Gasteiger partial charge in [0.05, 0.1) is 22.9 Å². The van der Waals surface area contributed by atoms with E-state index in [1.165, 1.54) is 0 Å². The summed E-state index contributed by atoms with van der Waals surface area (Å²) in [5.74, 6) is 0.847. The highest BCUT2D eigenvalue weighted by Gasteiger charge is 2.32. The molecule has 1 aliphatic rings. The smallest absolute Gasteiger partial charge is 0.185 e. The highest BCUT2D eigenvalue weighted by atomic mass is 32.2. The average Bonchev–Trinajstić information content (AvgIpc) is 3.27. The van der Waals surface area contributed by atoms with Crippen LogP contribution in [0.4, 0.5) is 5.13 Å². The van der Waals surface area contributed by atoms with Crippen LogP contribution in [0.2, 0.25) is 0 Å². The first-order valence-electron chi connectivity index (χ1n) is 11.3. The maximum absolute atomic E-state index is 13.2. The van der Waals surface area contributed by atoms with E-state index in [0.717, 1.165) is 34.1 Å². The maximum atomic E-state index is 13.2. The number of nitrogens with zero attached hydrogens (tertiary/aromatic N) is 2. The molecular weight excluding hydrogens is 452 g/mol. The van der Waals surface area contributed by atoms with Crippen LogP contribution >= 0.6 is 11.3 Å². The highest BCUT2D eigenvalue weighted by Crippen LogP contribution is 2.31. The van der Waals surface area contributed by atoms with Gasteiger partial charge in [-0.3, -0.25) is 0 Å². The van der Waals surface area contributed by atoms with Gasteiger partial charge in [0.2, 0.25) is 0 Å². The maximum Gasteiger partial charge on any atom is 0.185 e. The molecule has 2 heterocycles. The van der Waals surface area contributed by atoms with E-state index in [-0.39, 0.29) is 10.7 Å². The van der Waals surface area contributed by atoms with Crippen molar-refractivity contribution in [3.63, 3.8) is 0 Å². The number of anilines is 1. The predicted molar refractivity (Wildman–Crippen MR) is 135 cm³/mol. The molecule has 0 radical (unpaired) electrons. The van der Waals surface area contributed by atoms with Crippen LogP contribution in [0.5, 0.6) is 5.75 Å². The third kappa shape index (κ3) is 5.41. The van der Waals surface area contributed by atoms with Gasteiger partial charge in [-0.05, 0) is 53.6 Å². The van der Waals surface area contributed by atoms with Crippen molar-refractivity contribution in [2.24, 2.45) is 0 Å². The van der Waals surface area contributed by atoms with E-state index in [9.17, 15) is 8.42 Å². The number of methoxy groups -OCH3 is 1. The Kier molecular flexibility index (Phi) is 6.82. The first-order valence-corrected chi connectivity index (χ1v) is 13.8. The fourth-order valence-corrected chi connectivity index (χ4v) is 6.82. The number of rotatable bonds is 6. The molecule has 0 aliphatic carbocycles. The summed E-state index contributed by atoms with van der Waals surface area (Å²) in [5.41, 5.74) is 3.34. The second-order valence-electron chi connectivity index (χ2n) is 9.66. The van der Waals surface area contributed by atoms with Crippen LogP contribution in [-0.2, 0) is 21.7 Å². The fraction of sp³-hybridized carbons (Fsp3) is 0.423. The van der Waals surface area contributed by atoms with Crippen molar-refractivity contribution >= 4 is 26.3 Å². The van der Waals surface area contributed by atoms with Crippen LogP contribution < -0.4 is 9.64 Å². The summed E-state index contributed by atoms with van der Waals surface area (Å²) in [6, 6.07) is 15.5. The molecular formula is C26H32N2O3S2. The van der Waals surface area contributed by atoms with Crippen molar-refractivity contribution < 1.29 is 13.2 Å². The third-order valence-corrected chi connectivity index (χ3v) is 9.49. The van der Waals surface area contributed by atoms with Gasteiger partial charge in [0.15, 0.2) is 15.0 Å². The minimum atomic E-state index is -3.33. The van der Waals surface area contributed by atoms with Gasteiger partial charge in [-0.25, -0.2) is 13.4 Å². The van der Waals surface area contributed by atoms with E-state index in [2.05, 4.69) is 37.1 Å². The number of aromatic nitrogens is 1. The Labute approximate surface area is 201 Å². The second kappa shape index (κ2) is 9.47. The Morgan fingerprint density at radius 3 is 2.42 bits per heavy atom. The number of benzene rings is 2. The Bertz CT molecular complexity index is 1190. The predicted octanol–water partition coefficient (Wildman–Crippen LogP) is 5.48. The molecule has 176 valence electrons. The number of hydrogen-bond donors (Lipinski definition) is 0. The number of thiazole rings is 1. The van der Waals surface area contributed by atoms with Crippen molar-refractivity contribution in [1.82, 2.24) is 4.98 Å². The van der Waals surface area contributed by atoms with Crippen LogP contribution in [0, 0.1) is 0 Å². The van der Waals surface area contributed by atoms with E-state index in [1.807, 2.05) is 30.3 Å². The standard InChI is InChI=1S/C26H32N2O3S2/c1-26(2,3)20-8-10-23(11-9-20)33(29,30)24-12-14-28(15-13-24)25-27-21(18-32-25)16-19-6-5-7-22(17-19)31-4/h5-11,17-18,24H,12-16H2,1-4H3. The first-order chi connectivity index (χ1) is 15.7. The normalized spacial score (nSPS) is 15.6. The quantitative estimate of drug-likeness (QED) is 0.463. The third-order valence-electron chi connectivity index (χ3n) is 6.26. The molecule has 7 heteroatoms. The summed E-state index contributed by atoms with van der Waals surface area (Å²) < 4.78 is 31.7. The Morgan fingerprint density at radius 2 is 1.79 bits per heavy atom. The molecule has 0 amide bonds. The van der Waals surface area contributed by atoms with Gasteiger partial charge in [-0.2, -0.15) is 0 Å². The molecule has 33 heavy (non-hydrogen) atoms. The zero-order valence-electron chi connectivity index (χ0n) is 19.7. The molecule has 5 nitrogen and oxygen atoms in total. The van der Waals surface area contributed by atoms with Crippen molar-refractivity contribution in [1.29, 1.82) is 0 Å². The van der Waals surface area contributed by atoms with Gasteiger partial charge in [-0.1, -0.05) is 45.0 Å². The van der Waals surface area contributed by atoms with Crippen molar-refractivity contribution in [2.45, 2.75) is 55.6 Å². The molecule has 3 aromatic rings. The van der Waals surface area contributed by atoms with E-state index in [1.54, 1.807) is 30.6 Å². The molecule has 0 saturated carbocycles. The van der Waals surface area contributed by atoms with Gasteiger partial charge in [-0.15, -0.1) is 11.3 Å². The number of hydrogen-bond acceptors (Lipinski definition) is 6. The highest BCUT2D eigenvalue weighted by molar-refractivity contribution is 7.92. The zero-order valence-corrected chi connectivity index (χ0v) is 21.4. The van der Waals surface area contributed by atoms with Crippen LogP contribution in [0.3, 0.4) is 0 Å². The SMILES string of the molecule is COc1cccc(Cc2csc(N3CCC(S(=O)(=O)c4ccc(C(C)(C)C)cc4)CC3)n2)c1. The fourth-order valence-electron chi connectivity index (χ4n) is 4.21. The lowest BCUT2D eigenvalue weighted by atomic mass is 9.87. The van der Waals surface area contributed by atoms with Gasteiger partial charge in [0.1, 0.15) is 5.75 Å². The van der Waals surface area contributed by atoms with Crippen LogP contribution in [-0.4, -0.2) is 38.9 Å². The van der Waals surface area contributed by atoms with Crippen LogP contribution in [0.25, 0.3) is 0 Å². The molecule has 1 aromatic heterocycles. The van der Waals surface area contributed by atoms with Crippen molar-refractivity contribution in [3.8, 4) is 5.75 Å². The molecule has 1 saturated heterocycles. The zero-order chi connectivity index (χ0) is 23.6. The molecule has 4 rings (SSSR count). The first kappa shape index (κ1) is 23.8. The summed E-state index contributed by atoms with van der Waals surface area (Å²) in [5, 5.41) is 2.72. The Morgan fingerprint density at radius 1 is 1.09 bits per heavy atom. The largest absolute Gasteiger partial charge is 0.497 e. The minimum Gasteiger partial charge on any atom is -0.497 e. The molecule has 2 aromatic carbocycles. The number of piperidine rings is 1. The average molecular weight is 485 g/mol. The molecule has 0 bridgehead atoms. The van der Waals surface area contributed by atoms with Gasteiger partial charge >= 0.3 is 0 Å². The van der Waals surface area contributed by atoms with Crippen molar-refractivity contribution in [3.05, 3.63) is 70.7 Å². The molecule has 1 aliphatic heterocycles. The molecule has 0 atom stereocenters. The lowest BCUT2D eigenvalue weighted by Gasteiger charge is -2.31. The second-order valence-corrected chi connectivity index (χ2v) is 12.7. The van der Waals surface area contributed by atoms with E-state index in [4.69, 9.17) is 9.72 Å². The molecule has 1 fully saturated rings. The number of ether oxygens (including phenoxy) is 1. The van der Waals surface area contributed by atoms with Gasteiger partial charge in [0.25, 0.3) is 0 Å². The van der Waals surface area contributed by atoms with E-state index in [0.29, 0.717) is 30.8 Å². The number of sulfone groups is 1. The Balaban J connectivity index is 1.38. The summed E-state index contributed by atoms with van der Waals surface area (Å²) in [7, 11) is -1.66. The summed E-state index contributed by atoms with van der Waals surface area (Å²) in [6.45, 7) is 7.80. The van der Waals surface area contributed by atoms with Crippen molar-refractivity contribution in [2.75, 3.05) is 25.1 Å². The van der Waals surface area contributed by atoms with Gasteiger partial charge in [0, 0.05) is 24.9 Å². The van der Waals surface area contributed by atoms with E-state index >= 15 is 0 Å². The molecule has 0 N–H and O–H groups in total. The van der Waals surface area contributed by atoms with Gasteiger partial charge < -0.3 is 9.64 Å². The Hall–Kier alpha value is -2.38. The monoisotopic (exact) mass is 484 g/mol. The minimum absolute atomic E-state index is 0.00672. The lowest BCUT2D eigenvalue weighted by molar-refractivity contribution is 0.414. The van der Waals surface area contributed by atoms with Crippen LogP contribution in [0.15, 0.2) is 58.8 Å². The van der Waals surface area contributed by atoms with E-state index < -0.39 is 9.84 Å². The summed E-state index contributed by atoms with van der Waals surface area (Å²) in [6.07, 6.45) is 1.99. The summed E-state index contributed by atoms with van der Waals surface area (Å²) >= 11 is 1.63. The molecule has 0 spiro atoms. The lowest BCUT2D eigenvalue weighted by Crippen LogP contribution is -2.39. The molecule has 0 unspecified atom stereocenters.